The SMILES string of the molecule is CC(C)(C)C(=O)ON1CCN(C(=O)CC2CC2)CC1. The first-order valence-corrected chi connectivity index (χ1v) is 7.11. The quantitative estimate of drug-likeness (QED) is 0.777. The molecule has 1 aliphatic heterocycles. The lowest BCUT2D eigenvalue weighted by Gasteiger charge is -2.34. The number of rotatable bonds is 3. The first kappa shape index (κ1) is 14.3. The van der Waals surface area contributed by atoms with Crippen LogP contribution in [0.5, 0.6) is 0 Å². The van der Waals surface area contributed by atoms with Gasteiger partial charge in [-0.15, -0.1) is 5.06 Å². The van der Waals surface area contributed by atoms with Crippen LogP contribution in [0.3, 0.4) is 0 Å². The third-order valence-corrected chi connectivity index (χ3v) is 3.58. The molecule has 19 heavy (non-hydrogen) atoms. The van der Waals surface area contributed by atoms with Crippen LogP contribution in [-0.4, -0.2) is 48.0 Å². The van der Waals surface area contributed by atoms with Gasteiger partial charge >= 0.3 is 5.97 Å². The van der Waals surface area contributed by atoms with Crippen molar-refractivity contribution in [1.29, 1.82) is 0 Å². The summed E-state index contributed by atoms with van der Waals surface area (Å²) < 4.78 is 0. The molecule has 0 radical (unpaired) electrons. The maximum absolute atomic E-state index is 11.9. The summed E-state index contributed by atoms with van der Waals surface area (Å²) in [4.78, 5) is 30.9. The van der Waals surface area contributed by atoms with Crippen LogP contribution in [0.1, 0.15) is 40.0 Å². The predicted octanol–water partition coefficient (Wildman–Crippen LogP) is 1.43. The zero-order chi connectivity index (χ0) is 14.0. The summed E-state index contributed by atoms with van der Waals surface area (Å²) in [6.07, 6.45) is 3.10. The van der Waals surface area contributed by atoms with Crippen molar-refractivity contribution in [3.63, 3.8) is 0 Å². The molecular formula is C14H24N2O3. The number of carbonyl (C=O) groups excluding carboxylic acids is 2. The van der Waals surface area contributed by atoms with Gasteiger partial charge in [0.25, 0.3) is 0 Å². The Hall–Kier alpha value is -1.10. The molecule has 1 saturated heterocycles. The number of amides is 1. The highest BCUT2D eigenvalue weighted by Crippen LogP contribution is 2.33. The van der Waals surface area contributed by atoms with Gasteiger partial charge < -0.3 is 9.74 Å². The van der Waals surface area contributed by atoms with Gasteiger partial charge in [-0.2, -0.15) is 0 Å². The van der Waals surface area contributed by atoms with Crippen LogP contribution in [0.25, 0.3) is 0 Å². The van der Waals surface area contributed by atoms with Crippen molar-refractivity contribution in [2.75, 3.05) is 26.2 Å². The zero-order valence-electron chi connectivity index (χ0n) is 12.1. The summed E-state index contributed by atoms with van der Waals surface area (Å²) in [5, 5.41) is 1.68. The summed E-state index contributed by atoms with van der Waals surface area (Å²) in [5.74, 6) is 0.666. The molecule has 1 aliphatic carbocycles. The van der Waals surface area contributed by atoms with Crippen LogP contribution in [0, 0.1) is 11.3 Å². The predicted molar refractivity (Wildman–Crippen MR) is 71.0 cm³/mol. The topological polar surface area (TPSA) is 49.9 Å². The molecule has 0 aromatic rings. The molecule has 0 unspecified atom stereocenters. The van der Waals surface area contributed by atoms with E-state index in [1.165, 1.54) is 12.8 Å². The van der Waals surface area contributed by atoms with Crippen molar-refractivity contribution >= 4 is 11.9 Å². The second-order valence-corrected chi connectivity index (χ2v) is 6.59. The number of carbonyl (C=O) groups is 2. The van der Waals surface area contributed by atoms with Crippen LogP contribution >= 0.6 is 0 Å². The van der Waals surface area contributed by atoms with Crippen molar-refractivity contribution in [2.45, 2.75) is 40.0 Å². The van der Waals surface area contributed by atoms with Gasteiger partial charge in [-0.3, -0.25) is 4.79 Å². The molecule has 5 nitrogen and oxygen atoms in total. The van der Waals surface area contributed by atoms with E-state index < -0.39 is 5.41 Å². The molecule has 1 heterocycles. The summed E-state index contributed by atoms with van der Waals surface area (Å²) in [5.41, 5.74) is -0.487. The molecule has 1 saturated carbocycles. The minimum atomic E-state index is -0.487. The number of hydrogen-bond donors (Lipinski definition) is 0. The lowest BCUT2D eigenvalue weighted by Crippen LogP contribution is -2.50. The summed E-state index contributed by atoms with van der Waals surface area (Å²) >= 11 is 0. The summed E-state index contributed by atoms with van der Waals surface area (Å²) in [6.45, 7) is 8.04. The third-order valence-electron chi connectivity index (χ3n) is 3.58. The van der Waals surface area contributed by atoms with Gasteiger partial charge in [0.05, 0.1) is 18.5 Å². The van der Waals surface area contributed by atoms with Gasteiger partial charge in [0.2, 0.25) is 5.91 Å². The summed E-state index contributed by atoms with van der Waals surface area (Å²) in [7, 11) is 0. The maximum atomic E-state index is 11.9. The molecule has 2 aliphatic rings. The molecule has 0 N–H and O–H groups in total. The fraction of sp³-hybridized carbons (Fsp3) is 0.857. The van der Waals surface area contributed by atoms with Gasteiger partial charge in [-0.25, -0.2) is 4.79 Å². The molecule has 5 heteroatoms. The maximum Gasteiger partial charge on any atom is 0.330 e. The van der Waals surface area contributed by atoms with Crippen molar-refractivity contribution in [2.24, 2.45) is 11.3 Å². The minimum absolute atomic E-state index is 0.217. The highest BCUT2D eigenvalue weighted by molar-refractivity contribution is 5.77. The Balaban J connectivity index is 1.72. The smallest absolute Gasteiger partial charge is 0.330 e. The molecule has 0 spiro atoms. The molecule has 0 atom stereocenters. The summed E-state index contributed by atoms with van der Waals surface area (Å²) in [6, 6.07) is 0. The molecule has 0 aromatic heterocycles. The van der Waals surface area contributed by atoms with E-state index in [0.29, 0.717) is 38.5 Å². The van der Waals surface area contributed by atoms with E-state index in [9.17, 15) is 9.59 Å². The Morgan fingerprint density at radius 3 is 2.16 bits per heavy atom. The standard InChI is InChI=1S/C14H24N2O3/c1-14(2,3)13(18)19-16-8-6-15(7-9-16)12(17)10-11-4-5-11/h11H,4-10H2,1-3H3. The highest BCUT2D eigenvalue weighted by atomic mass is 16.7. The van der Waals surface area contributed by atoms with Crippen molar-refractivity contribution in [1.82, 2.24) is 9.96 Å². The molecule has 2 rings (SSSR count). The molecular weight excluding hydrogens is 244 g/mol. The fourth-order valence-electron chi connectivity index (χ4n) is 1.98. The van der Waals surface area contributed by atoms with Crippen LogP contribution in [0.2, 0.25) is 0 Å². The van der Waals surface area contributed by atoms with E-state index >= 15 is 0 Å². The second-order valence-electron chi connectivity index (χ2n) is 6.59. The van der Waals surface area contributed by atoms with Crippen LogP contribution < -0.4 is 0 Å². The van der Waals surface area contributed by atoms with E-state index in [4.69, 9.17) is 4.84 Å². The Morgan fingerprint density at radius 2 is 1.68 bits per heavy atom. The monoisotopic (exact) mass is 268 g/mol. The van der Waals surface area contributed by atoms with E-state index in [2.05, 4.69) is 0 Å². The average molecular weight is 268 g/mol. The van der Waals surface area contributed by atoms with Crippen molar-refractivity contribution in [3.05, 3.63) is 0 Å². The normalized spacial score (nSPS) is 21.3. The molecule has 2 fully saturated rings. The molecule has 108 valence electrons. The van der Waals surface area contributed by atoms with Crippen LogP contribution in [0.4, 0.5) is 0 Å². The molecule has 0 aromatic carbocycles. The Morgan fingerprint density at radius 1 is 1.11 bits per heavy atom. The highest BCUT2D eigenvalue weighted by Gasteiger charge is 2.31. The van der Waals surface area contributed by atoms with E-state index in [-0.39, 0.29) is 11.9 Å². The van der Waals surface area contributed by atoms with Gasteiger partial charge in [-0.05, 0) is 39.5 Å². The second kappa shape index (κ2) is 5.49. The lowest BCUT2D eigenvalue weighted by molar-refractivity contribution is -0.207. The molecule has 0 bridgehead atoms. The number of nitrogens with zero attached hydrogens (tertiary/aromatic N) is 2. The third kappa shape index (κ3) is 4.20. The lowest BCUT2D eigenvalue weighted by atomic mass is 9.98. The number of hydrogen-bond acceptors (Lipinski definition) is 4. The average Bonchev–Trinajstić information content (AvgIpc) is 3.12. The van der Waals surface area contributed by atoms with E-state index in [0.717, 1.165) is 0 Å². The number of hydroxylamine groups is 2. The molecule has 1 amide bonds. The Kier molecular flexibility index (Phi) is 4.13. The Bertz CT molecular complexity index is 350. The Labute approximate surface area is 114 Å². The minimum Gasteiger partial charge on any atom is -0.367 e. The first-order valence-electron chi connectivity index (χ1n) is 7.11. The van der Waals surface area contributed by atoms with Crippen molar-refractivity contribution in [3.8, 4) is 0 Å². The number of piperazine rings is 1. The zero-order valence-corrected chi connectivity index (χ0v) is 12.1. The van der Waals surface area contributed by atoms with E-state index in [1.807, 2.05) is 25.7 Å². The van der Waals surface area contributed by atoms with Crippen LogP contribution in [-0.2, 0) is 14.4 Å². The van der Waals surface area contributed by atoms with Gasteiger partial charge in [0.1, 0.15) is 0 Å². The first-order chi connectivity index (χ1) is 8.86. The largest absolute Gasteiger partial charge is 0.367 e. The fourth-order valence-corrected chi connectivity index (χ4v) is 1.98. The van der Waals surface area contributed by atoms with Gasteiger partial charge in [0, 0.05) is 19.5 Å². The van der Waals surface area contributed by atoms with E-state index in [1.54, 1.807) is 5.06 Å². The van der Waals surface area contributed by atoms with Gasteiger partial charge in [-0.1, -0.05) is 0 Å². The van der Waals surface area contributed by atoms with Crippen LogP contribution in [0.15, 0.2) is 0 Å². The van der Waals surface area contributed by atoms with Gasteiger partial charge in [0.15, 0.2) is 0 Å². The van der Waals surface area contributed by atoms with Crippen molar-refractivity contribution < 1.29 is 14.4 Å².